The second-order valence-electron chi connectivity index (χ2n) is 8.29. The Morgan fingerprint density at radius 1 is 1.23 bits per heavy atom. The zero-order valence-corrected chi connectivity index (χ0v) is 24.2. The molecule has 0 saturated carbocycles. The molecule has 4 aromatic rings. The Bertz CT molecular complexity index is 1530. The number of aliphatic hydroxyl groups excluding tert-OH is 1. The third-order valence-electron chi connectivity index (χ3n) is 5.62. The standard InChI is InChI=1S/C26H21ClF4N5O2.W/c1-14-6-7-33-21(12-32-10-16(9-23(28)37)26(29,30)31)19(14)13-38-22-5-3-4-17-18(8-15(2)35-25(17)22)24-20(27)11-34-36-24;/h3-11H,12-13H2,1-2H3,(H2-,32,34,35,36,37);/q-1;. The molecule has 7 nitrogen and oxygen atoms in total. The van der Waals surface area contributed by atoms with E-state index in [4.69, 9.17) is 21.4 Å². The zero-order chi connectivity index (χ0) is 27.4. The van der Waals surface area contributed by atoms with Crippen LogP contribution in [0, 0.1) is 13.8 Å². The summed E-state index contributed by atoms with van der Waals surface area (Å²) >= 11 is 6.29. The number of para-hydroxylation sites is 1. The number of nitrogens with one attached hydrogen (secondary N) is 1. The Kier molecular flexibility index (Phi) is 9.74. The van der Waals surface area contributed by atoms with Crippen molar-refractivity contribution < 1.29 is 48.5 Å². The van der Waals surface area contributed by atoms with E-state index < -0.39 is 17.8 Å². The van der Waals surface area contributed by atoms with Gasteiger partial charge in [-0.3, -0.25) is 10.1 Å². The Morgan fingerprint density at radius 3 is 2.67 bits per heavy atom. The number of benzene rings is 1. The molecule has 39 heavy (non-hydrogen) atoms. The minimum atomic E-state index is -4.89. The number of alkyl halides is 3. The van der Waals surface area contributed by atoms with Gasteiger partial charge in [-0.05, 0) is 37.6 Å². The fourth-order valence-electron chi connectivity index (χ4n) is 3.81. The molecule has 3 heterocycles. The number of fused-ring (bicyclic) bond motifs is 1. The minimum absolute atomic E-state index is 0. The van der Waals surface area contributed by atoms with E-state index >= 15 is 0 Å². The van der Waals surface area contributed by atoms with Gasteiger partial charge in [0.1, 0.15) is 17.9 Å². The SMILES string of the molecule is Cc1cc(-c2[nH]ncc2Cl)c2cccc(OCc3c(C)ccnc3C[N-]/C=C(\C=C(/O)F)C(F)(F)F)c2n1.[W]. The number of aryl methyl sites for hydroxylation is 2. The van der Waals surface area contributed by atoms with Gasteiger partial charge in [-0.2, -0.15) is 28.9 Å². The average molecular weight is 731 g/mol. The topological polar surface area (TPSA) is 98.0 Å². The molecule has 4 rings (SSSR count). The molecule has 3 aromatic heterocycles. The number of aromatic amines is 1. The first-order valence-corrected chi connectivity index (χ1v) is 11.6. The molecule has 0 radical (unpaired) electrons. The number of hydrogen-bond donors (Lipinski definition) is 2. The van der Waals surface area contributed by atoms with Gasteiger partial charge < -0.3 is 15.2 Å². The van der Waals surface area contributed by atoms with E-state index in [2.05, 4.69) is 25.5 Å². The van der Waals surface area contributed by atoms with Gasteiger partial charge in [0.05, 0.1) is 16.9 Å². The van der Waals surface area contributed by atoms with Gasteiger partial charge in [-0.15, -0.1) is 0 Å². The average Bonchev–Trinajstić information content (AvgIpc) is 3.27. The summed E-state index contributed by atoms with van der Waals surface area (Å²) < 4.78 is 57.9. The first kappa shape index (κ1) is 30.1. The van der Waals surface area contributed by atoms with Crippen molar-refractivity contribution in [3.05, 3.63) is 99.4 Å². The normalized spacial score (nSPS) is 12.4. The van der Waals surface area contributed by atoms with Crippen LogP contribution in [0.25, 0.3) is 27.5 Å². The predicted octanol–water partition coefficient (Wildman–Crippen LogP) is 7.56. The molecule has 204 valence electrons. The van der Waals surface area contributed by atoms with Gasteiger partial charge in [0.2, 0.25) is 0 Å². The molecule has 1 aromatic carbocycles. The van der Waals surface area contributed by atoms with Crippen molar-refractivity contribution in [3.63, 3.8) is 0 Å². The maximum atomic E-state index is 13.0. The summed E-state index contributed by atoms with van der Waals surface area (Å²) in [6, 6.07) is 7.12. The molecule has 0 spiro atoms. The van der Waals surface area contributed by atoms with Crippen LogP contribution in [0.5, 0.6) is 5.75 Å². The first-order chi connectivity index (χ1) is 18.0. The quantitative estimate of drug-likeness (QED) is 0.111. The van der Waals surface area contributed by atoms with Crippen molar-refractivity contribution >= 4 is 22.5 Å². The molecule has 0 bridgehead atoms. The van der Waals surface area contributed by atoms with Gasteiger partial charge in [0.15, 0.2) is 0 Å². The third-order valence-corrected chi connectivity index (χ3v) is 5.90. The number of aliphatic hydroxyl groups is 1. The van der Waals surface area contributed by atoms with E-state index in [-0.39, 0.29) is 40.3 Å². The van der Waals surface area contributed by atoms with Gasteiger partial charge in [-0.1, -0.05) is 30.3 Å². The fourth-order valence-corrected chi connectivity index (χ4v) is 4.01. The molecule has 0 unspecified atom stereocenters. The molecule has 0 aliphatic heterocycles. The maximum absolute atomic E-state index is 13.0. The number of halogens is 5. The molecule has 0 amide bonds. The van der Waals surface area contributed by atoms with Crippen LogP contribution in [0.3, 0.4) is 0 Å². The minimum Gasteiger partial charge on any atom is -0.685 e. The summed E-state index contributed by atoms with van der Waals surface area (Å²) in [5.74, 6) is 0.483. The summed E-state index contributed by atoms with van der Waals surface area (Å²) in [5.41, 5.74) is 3.14. The van der Waals surface area contributed by atoms with Crippen LogP contribution in [-0.2, 0) is 34.2 Å². The number of nitrogens with zero attached hydrogens (tertiary/aromatic N) is 4. The zero-order valence-electron chi connectivity index (χ0n) is 20.6. The molecule has 0 aliphatic rings. The van der Waals surface area contributed by atoms with E-state index in [1.165, 1.54) is 12.4 Å². The van der Waals surface area contributed by atoms with E-state index in [0.717, 1.165) is 22.2 Å². The van der Waals surface area contributed by atoms with E-state index in [1.807, 2.05) is 32.0 Å². The summed E-state index contributed by atoms with van der Waals surface area (Å²) in [6.45, 7) is 3.47. The fraction of sp³-hybridized carbons (Fsp3) is 0.192. The van der Waals surface area contributed by atoms with Gasteiger partial charge >= 0.3 is 6.18 Å². The van der Waals surface area contributed by atoms with Crippen LogP contribution >= 0.6 is 11.6 Å². The van der Waals surface area contributed by atoms with Crippen molar-refractivity contribution in [1.29, 1.82) is 0 Å². The summed E-state index contributed by atoms with van der Waals surface area (Å²) in [6.07, 6.45) is -1.47. The van der Waals surface area contributed by atoms with Gasteiger partial charge in [0.25, 0.3) is 6.01 Å². The van der Waals surface area contributed by atoms with Crippen LogP contribution in [0.1, 0.15) is 22.5 Å². The van der Waals surface area contributed by atoms with Crippen molar-refractivity contribution in [2.24, 2.45) is 0 Å². The van der Waals surface area contributed by atoms with Crippen LogP contribution < -0.4 is 4.74 Å². The number of hydrogen-bond acceptors (Lipinski definition) is 5. The molecule has 0 fully saturated rings. The van der Waals surface area contributed by atoms with E-state index in [0.29, 0.717) is 39.4 Å². The molecule has 0 atom stereocenters. The van der Waals surface area contributed by atoms with Gasteiger partial charge in [-0.25, -0.2) is 4.98 Å². The second-order valence-corrected chi connectivity index (χ2v) is 8.70. The molecule has 0 saturated heterocycles. The summed E-state index contributed by atoms with van der Waals surface area (Å²) in [4.78, 5) is 8.88. The van der Waals surface area contributed by atoms with E-state index in [9.17, 15) is 17.6 Å². The number of aromatic nitrogens is 4. The molecule has 0 aliphatic carbocycles. The van der Waals surface area contributed by atoms with Crippen LogP contribution in [0.15, 0.2) is 66.6 Å². The van der Waals surface area contributed by atoms with Crippen molar-refractivity contribution in [2.75, 3.05) is 0 Å². The Morgan fingerprint density at radius 2 is 2.00 bits per heavy atom. The predicted molar refractivity (Wildman–Crippen MR) is 135 cm³/mol. The molecular weight excluding hydrogens is 710 g/mol. The van der Waals surface area contributed by atoms with Crippen molar-refractivity contribution in [2.45, 2.75) is 33.2 Å². The molecular formula is C26H21ClF4N5O2W-. The van der Waals surface area contributed by atoms with Gasteiger partial charge in [0, 0.05) is 66.8 Å². The Balaban J connectivity index is 0.00000420. The van der Waals surface area contributed by atoms with Crippen LogP contribution in [0.2, 0.25) is 5.02 Å². The monoisotopic (exact) mass is 730 g/mol. The summed E-state index contributed by atoms with van der Waals surface area (Å²) in [7, 11) is 0. The maximum Gasteiger partial charge on any atom is 0.414 e. The third kappa shape index (κ3) is 7.16. The largest absolute Gasteiger partial charge is 0.685 e. The van der Waals surface area contributed by atoms with Crippen molar-refractivity contribution in [1.82, 2.24) is 20.2 Å². The van der Waals surface area contributed by atoms with Crippen molar-refractivity contribution in [3.8, 4) is 17.0 Å². The Hall–Kier alpha value is -3.43. The number of ether oxygens (including phenoxy) is 1. The van der Waals surface area contributed by atoms with Crippen LogP contribution in [-0.4, -0.2) is 31.4 Å². The first-order valence-electron chi connectivity index (χ1n) is 11.2. The Labute approximate surface area is 240 Å². The number of rotatable bonds is 8. The smallest absolute Gasteiger partial charge is 0.414 e. The number of allylic oxidation sites excluding steroid dienone is 2. The molecule has 13 heteroatoms. The van der Waals surface area contributed by atoms with Crippen LogP contribution in [0.4, 0.5) is 17.6 Å². The summed E-state index contributed by atoms with van der Waals surface area (Å²) in [5, 5.41) is 20.5. The second kappa shape index (κ2) is 12.6. The number of H-pyrrole nitrogens is 1. The van der Waals surface area contributed by atoms with E-state index in [1.54, 1.807) is 12.1 Å². The molecule has 2 N–H and O–H groups in total. The number of pyridine rings is 2.